The van der Waals surface area contributed by atoms with E-state index in [1.165, 1.54) is 11.8 Å². The molecule has 10 heteroatoms. The van der Waals surface area contributed by atoms with Crippen molar-refractivity contribution < 1.29 is 23.9 Å². The number of ether oxygens (including phenoxy) is 1. The maximum Gasteiger partial charge on any atom is 0.311 e. The lowest BCUT2D eigenvalue weighted by molar-refractivity contribution is -0.151. The van der Waals surface area contributed by atoms with Crippen molar-refractivity contribution in [3.8, 4) is 0 Å². The third-order valence-electron chi connectivity index (χ3n) is 4.49. The summed E-state index contributed by atoms with van der Waals surface area (Å²) in [5.74, 6) is -2.38. The lowest BCUT2D eigenvalue weighted by Crippen LogP contribution is -2.28. The quantitative estimate of drug-likeness (QED) is 0.637. The van der Waals surface area contributed by atoms with Crippen LogP contribution in [0.4, 0.5) is 17.1 Å². The standard InChI is InChI=1S/C21H19Cl2N3O5/c1-12(27)24-15-3-5-16(6-4-15)25-19(28)11-31-21(30)13-8-20(29)26(10-13)18-9-14(22)2-7-17(18)23/h2-7,9,13H,8,10-11H2,1H3,(H,24,27)(H,25,28)/t13-/m0/s1. The van der Waals surface area contributed by atoms with Gasteiger partial charge in [0.2, 0.25) is 11.8 Å². The van der Waals surface area contributed by atoms with Crippen LogP contribution in [0.5, 0.6) is 0 Å². The van der Waals surface area contributed by atoms with Gasteiger partial charge in [-0.25, -0.2) is 0 Å². The van der Waals surface area contributed by atoms with Gasteiger partial charge in [-0.1, -0.05) is 23.2 Å². The summed E-state index contributed by atoms with van der Waals surface area (Å²) in [4.78, 5) is 49.1. The van der Waals surface area contributed by atoms with Crippen molar-refractivity contribution in [3.63, 3.8) is 0 Å². The number of hydrogen-bond acceptors (Lipinski definition) is 5. The number of nitrogens with one attached hydrogen (secondary N) is 2. The SMILES string of the molecule is CC(=O)Nc1ccc(NC(=O)COC(=O)[C@H]2CC(=O)N(c3cc(Cl)ccc3Cl)C2)cc1. The average Bonchev–Trinajstić information content (AvgIpc) is 3.10. The van der Waals surface area contributed by atoms with Gasteiger partial charge in [-0.3, -0.25) is 19.2 Å². The third-order valence-corrected chi connectivity index (χ3v) is 5.05. The number of rotatable bonds is 6. The van der Waals surface area contributed by atoms with Crippen molar-refractivity contribution in [2.75, 3.05) is 28.7 Å². The number of esters is 1. The molecule has 0 bridgehead atoms. The number of hydrogen-bond donors (Lipinski definition) is 2. The molecule has 2 aromatic carbocycles. The molecule has 1 fully saturated rings. The highest BCUT2D eigenvalue weighted by Gasteiger charge is 2.37. The number of halogens is 2. The van der Waals surface area contributed by atoms with Crippen LogP contribution >= 0.6 is 23.2 Å². The minimum atomic E-state index is -0.715. The average molecular weight is 464 g/mol. The monoisotopic (exact) mass is 463 g/mol. The first kappa shape index (κ1) is 22.6. The van der Waals surface area contributed by atoms with E-state index in [-0.39, 0.29) is 24.8 Å². The van der Waals surface area contributed by atoms with Gasteiger partial charge in [-0.15, -0.1) is 0 Å². The van der Waals surface area contributed by atoms with Gasteiger partial charge >= 0.3 is 5.97 Å². The summed E-state index contributed by atoms with van der Waals surface area (Å²) in [6.07, 6.45) is -0.0477. The number of carbonyl (C=O) groups is 4. The molecule has 1 heterocycles. The second-order valence-corrected chi connectivity index (χ2v) is 7.76. The Morgan fingerprint density at radius 3 is 2.35 bits per heavy atom. The molecule has 0 aliphatic carbocycles. The van der Waals surface area contributed by atoms with Gasteiger partial charge in [0.1, 0.15) is 0 Å². The summed E-state index contributed by atoms with van der Waals surface area (Å²) >= 11 is 12.1. The van der Waals surface area contributed by atoms with Gasteiger partial charge in [0, 0.05) is 36.3 Å². The van der Waals surface area contributed by atoms with Gasteiger partial charge in [-0.05, 0) is 42.5 Å². The molecular formula is C21H19Cl2N3O5. The topological polar surface area (TPSA) is 105 Å². The zero-order chi connectivity index (χ0) is 22.5. The molecule has 0 unspecified atom stereocenters. The van der Waals surface area contributed by atoms with E-state index in [4.69, 9.17) is 27.9 Å². The van der Waals surface area contributed by atoms with Crippen LogP contribution in [0.2, 0.25) is 10.0 Å². The van der Waals surface area contributed by atoms with Gasteiger partial charge in [0.15, 0.2) is 6.61 Å². The van der Waals surface area contributed by atoms with Crippen LogP contribution < -0.4 is 15.5 Å². The van der Waals surface area contributed by atoms with E-state index in [1.807, 2.05) is 0 Å². The van der Waals surface area contributed by atoms with Gasteiger partial charge in [-0.2, -0.15) is 0 Å². The fourth-order valence-electron chi connectivity index (χ4n) is 3.08. The van der Waals surface area contributed by atoms with Crippen LogP contribution in [-0.2, 0) is 23.9 Å². The number of anilines is 3. The highest BCUT2D eigenvalue weighted by Crippen LogP contribution is 2.33. The van der Waals surface area contributed by atoms with E-state index in [9.17, 15) is 19.2 Å². The van der Waals surface area contributed by atoms with E-state index in [1.54, 1.807) is 42.5 Å². The Morgan fingerprint density at radius 1 is 1.06 bits per heavy atom. The zero-order valence-electron chi connectivity index (χ0n) is 16.5. The van der Waals surface area contributed by atoms with Crippen LogP contribution in [0.25, 0.3) is 0 Å². The summed E-state index contributed by atoms with van der Waals surface area (Å²) in [6.45, 7) is 0.990. The normalized spacial score (nSPS) is 15.5. The van der Waals surface area contributed by atoms with Crippen LogP contribution in [0, 0.1) is 5.92 Å². The fraction of sp³-hybridized carbons (Fsp3) is 0.238. The molecule has 2 N–H and O–H groups in total. The van der Waals surface area contributed by atoms with Crippen molar-refractivity contribution >= 4 is 64.0 Å². The molecule has 1 saturated heterocycles. The van der Waals surface area contributed by atoms with Crippen molar-refractivity contribution in [3.05, 3.63) is 52.5 Å². The van der Waals surface area contributed by atoms with Crippen molar-refractivity contribution in [1.29, 1.82) is 0 Å². The molecule has 1 atom stereocenters. The molecule has 0 spiro atoms. The molecule has 0 radical (unpaired) electrons. The summed E-state index contributed by atoms with van der Waals surface area (Å²) in [5, 5.41) is 5.96. The smallest absolute Gasteiger partial charge is 0.311 e. The van der Waals surface area contributed by atoms with Crippen molar-refractivity contribution in [2.45, 2.75) is 13.3 Å². The third kappa shape index (κ3) is 5.96. The molecule has 162 valence electrons. The number of nitrogens with zero attached hydrogens (tertiary/aromatic N) is 1. The van der Waals surface area contributed by atoms with Crippen LogP contribution in [-0.4, -0.2) is 36.8 Å². The lowest BCUT2D eigenvalue weighted by Gasteiger charge is -2.18. The molecule has 1 aliphatic rings. The molecule has 8 nitrogen and oxygen atoms in total. The minimum Gasteiger partial charge on any atom is -0.455 e. The predicted molar refractivity (Wildman–Crippen MR) is 117 cm³/mol. The summed E-state index contributed by atoms with van der Waals surface area (Å²) < 4.78 is 5.08. The fourth-order valence-corrected chi connectivity index (χ4v) is 3.47. The Balaban J connectivity index is 1.51. The lowest BCUT2D eigenvalue weighted by atomic mass is 10.1. The second kappa shape index (κ2) is 9.80. The van der Waals surface area contributed by atoms with Gasteiger partial charge in [0.05, 0.1) is 16.6 Å². The first-order chi connectivity index (χ1) is 14.7. The molecule has 0 saturated carbocycles. The summed E-state index contributed by atoms with van der Waals surface area (Å²) in [5.41, 5.74) is 1.50. The van der Waals surface area contributed by atoms with E-state index in [2.05, 4.69) is 10.6 Å². The maximum atomic E-state index is 12.3. The van der Waals surface area contributed by atoms with Crippen LogP contribution in [0.1, 0.15) is 13.3 Å². The van der Waals surface area contributed by atoms with E-state index >= 15 is 0 Å². The molecule has 1 aliphatic heterocycles. The molecule has 31 heavy (non-hydrogen) atoms. The molecule has 3 amide bonds. The summed E-state index contributed by atoms with van der Waals surface area (Å²) in [6, 6.07) is 11.2. The highest BCUT2D eigenvalue weighted by atomic mass is 35.5. The molecule has 0 aromatic heterocycles. The van der Waals surface area contributed by atoms with E-state index < -0.39 is 24.4 Å². The molecule has 2 aromatic rings. The Bertz CT molecular complexity index is 1030. The number of amides is 3. The van der Waals surface area contributed by atoms with Crippen molar-refractivity contribution in [2.24, 2.45) is 5.92 Å². The highest BCUT2D eigenvalue weighted by molar-refractivity contribution is 6.35. The second-order valence-electron chi connectivity index (χ2n) is 6.92. The Morgan fingerprint density at radius 2 is 1.71 bits per heavy atom. The largest absolute Gasteiger partial charge is 0.455 e. The number of carbonyl (C=O) groups excluding carboxylic acids is 4. The first-order valence-corrected chi connectivity index (χ1v) is 10.1. The van der Waals surface area contributed by atoms with Crippen LogP contribution in [0.3, 0.4) is 0 Å². The zero-order valence-corrected chi connectivity index (χ0v) is 18.0. The summed E-state index contributed by atoms with van der Waals surface area (Å²) in [7, 11) is 0. The predicted octanol–water partition coefficient (Wildman–Crippen LogP) is 3.49. The van der Waals surface area contributed by atoms with Crippen LogP contribution in [0.15, 0.2) is 42.5 Å². The Hall–Kier alpha value is -3.10. The van der Waals surface area contributed by atoms with Crippen molar-refractivity contribution in [1.82, 2.24) is 0 Å². The van der Waals surface area contributed by atoms with E-state index in [0.29, 0.717) is 27.1 Å². The Labute approximate surface area is 188 Å². The molecule has 3 rings (SSSR count). The number of benzene rings is 2. The maximum absolute atomic E-state index is 12.3. The minimum absolute atomic E-state index is 0.0477. The van der Waals surface area contributed by atoms with Gasteiger partial charge in [0.25, 0.3) is 5.91 Å². The Kier molecular flexibility index (Phi) is 7.14. The van der Waals surface area contributed by atoms with Gasteiger partial charge < -0.3 is 20.3 Å². The molecular weight excluding hydrogens is 445 g/mol. The first-order valence-electron chi connectivity index (χ1n) is 9.32. The van der Waals surface area contributed by atoms with E-state index in [0.717, 1.165) is 0 Å².